The number of nitrogens with zero attached hydrogens (tertiary/aromatic N) is 4. The van der Waals surface area contributed by atoms with Crippen LogP contribution in [0.25, 0.3) is 0 Å². The van der Waals surface area contributed by atoms with Crippen LogP contribution in [-0.2, 0) is 11.8 Å². The summed E-state index contributed by atoms with van der Waals surface area (Å²) in [6.45, 7) is 5.49. The highest BCUT2D eigenvalue weighted by molar-refractivity contribution is 5.76. The topological polar surface area (TPSA) is 62.6 Å². The Morgan fingerprint density at radius 2 is 2.30 bits per heavy atom. The molecule has 4 rings (SSSR count). The fourth-order valence-electron chi connectivity index (χ4n) is 4.08. The lowest BCUT2D eigenvalue weighted by Crippen LogP contribution is -2.61. The molecule has 1 N–H and O–H groups in total. The van der Waals surface area contributed by atoms with E-state index in [0.717, 1.165) is 45.8 Å². The van der Waals surface area contributed by atoms with E-state index >= 15 is 0 Å². The van der Waals surface area contributed by atoms with E-state index in [9.17, 15) is 4.79 Å². The van der Waals surface area contributed by atoms with Gasteiger partial charge in [0.2, 0.25) is 0 Å². The number of aromatic nitrogens is 2. The lowest BCUT2D eigenvalue weighted by atomic mass is 9.90. The number of rotatable bonds is 4. The van der Waals surface area contributed by atoms with Gasteiger partial charge in [-0.15, -0.1) is 0 Å². The highest BCUT2D eigenvalue weighted by Crippen LogP contribution is 2.35. The largest absolute Gasteiger partial charge is 0.372 e. The van der Waals surface area contributed by atoms with Crippen molar-refractivity contribution in [2.45, 2.75) is 25.0 Å². The zero-order chi connectivity index (χ0) is 15.8. The molecular weight excluding hydrogens is 294 g/mol. The molecule has 0 bridgehead atoms. The molecule has 7 heteroatoms. The van der Waals surface area contributed by atoms with Crippen LogP contribution in [0.15, 0.2) is 12.3 Å². The number of likely N-dealkylation sites (tertiary alicyclic amines) is 1. The van der Waals surface area contributed by atoms with Crippen molar-refractivity contribution in [1.82, 2.24) is 24.9 Å². The van der Waals surface area contributed by atoms with Gasteiger partial charge in [-0.3, -0.25) is 9.58 Å². The van der Waals surface area contributed by atoms with E-state index in [2.05, 4.69) is 21.4 Å². The Morgan fingerprint density at radius 1 is 1.43 bits per heavy atom. The number of ether oxygens (including phenoxy) is 1. The third-order valence-corrected chi connectivity index (χ3v) is 5.36. The molecule has 0 spiro atoms. The second-order valence-electron chi connectivity index (χ2n) is 6.87. The maximum absolute atomic E-state index is 11.7. The van der Waals surface area contributed by atoms with Crippen LogP contribution in [0, 0.1) is 5.92 Å². The molecule has 2 amide bonds. The molecule has 4 heterocycles. The number of carbonyl (C=O) groups excluding carboxylic acids is 1. The number of nitrogens with one attached hydrogen (secondary N) is 1. The van der Waals surface area contributed by atoms with Crippen molar-refractivity contribution in [1.29, 1.82) is 0 Å². The maximum Gasteiger partial charge on any atom is 0.317 e. The first kappa shape index (κ1) is 15.0. The second-order valence-corrected chi connectivity index (χ2v) is 6.87. The Hall–Kier alpha value is -1.60. The highest BCUT2D eigenvalue weighted by atomic mass is 16.5. The Kier molecular flexibility index (Phi) is 3.98. The van der Waals surface area contributed by atoms with Crippen LogP contribution >= 0.6 is 0 Å². The Morgan fingerprint density at radius 3 is 3.00 bits per heavy atom. The third-order valence-electron chi connectivity index (χ3n) is 5.36. The summed E-state index contributed by atoms with van der Waals surface area (Å²) >= 11 is 0. The number of amides is 2. The van der Waals surface area contributed by atoms with Crippen molar-refractivity contribution >= 4 is 6.03 Å². The van der Waals surface area contributed by atoms with Crippen molar-refractivity contribution in [2.75, 3.05) is 39.3 Å². The zero-order valence-electron chi connectivity index (χ0n) is 13.6. The van der Waals surface area contributed by atoms with Crippen molar-refractivity contribution in [2.24, 2.45) is 13.0 Å². The first-order chi connectivity index (χ1) is 11.2. The number of urea groups is 1. The Balaban J connectivity index is 1.35. The summed E-state index contributed by atoms with van der Waals surface area (Å²) in [5.74, 6) is 0.507. The Bertz CT molecular complexity index is 569. The van der Waals surface area contributed by atoms with Gasteiger partial charge < -0.3 is 15.0 Å². The van der Waals surface area contributed by atoms with Crippen LogP contribution in [0.4, 0.5) is 4.79 Å². The highest BCUT2D eigenvalue weighted by Gasteiger charge is 2.39. The fraction of sp³-hybridized carbons (Fsp3) is 0.750. The van der Waals surface area contributed by atoms with Crippen LogP contribution in [0.2, 0.25) is 0 Å². The molecule has 3 fully saturated rings. The average molecular weight is 319 g/mol. The summed E-state index contributed by atoms with van der Waals surface area (Å²) in [6, 6.07) is 2.55. The minimum Gasteiger partial charge on any atom is -0.372 e. The molecule has 126 valence electrons. The lowest BCUT2D eigenvalue weighted by molar-refractivity contribution is -0.0562. The minimum atomic E-state index is 0.100. The van der Waals surface area contributed by atoms with E-state index in [0.29, 0.717) is 12.0 Å². The molecule has 3 aliphatic rings. The predicted octanol–water partition coefficient (Wildman–Crippen LogP) is 0.597. The van der Waals surface area contributed by atoms with Crippen molar-refractivity contribution in [3.63, 3.8) is 0 Å². The van der Waals surface area contributed by atoms with Gasteiger partial charge in [0.1, 0.15) is 6.10 Å². The number of hydrogen-bond donors (Lipinski definition) is 1. The SMILES string of the molecule is Cn1nccc1[C@@H]1OCCC[C@H]1CN1CC(N2CCNC2=O)C1. The molecular formula is C16H25N5O2. The molecule has 3 saturated heterocycles. The van der Waals surface area contributed by atoms with Crippen LogP contribution in [0.3, 0.4) is 0 Å². The van der Waals surface area contributed by atoms with Crippen LogP contribution in [0.5, 0.6) is 0 Å². The first-order valence-corrected chi connectivity index (χ1v) is 8.58. The molecule has 1 aromatic rings. The summed E-state index contributed by atoms with van der Waals surface area (Å²) in [5.41, 5.74) is 1.17. The van der Waals surface area contributed by atoms with Crippen LogP contribution in [0.1, 0.15) is 24.6 Å². The average Bonchev–Trinajstić information content (AvgIpc) is 3.11. The van der Waals surface area contributed by atoms with E-state index in [4.69, 9.17) is 4.74 Å². The first-order valence-electron chi connectivity index (χ1n) is 8.58. The van der Waals surface area contributed by atoms with Crippen molar-refractivity contribution < 1.29 is 9.53 Å². The molecule has 2 atom stereocenters. The fourth-order valence-corrected chi connectivity index (χ4v) is 4.08. The van der Waals surface area contributed by atoms with Crippen molar-refractivity contribution in [3.05, 3.63) is 18.0 Å². The van der Waals surface area contributed by atoms with E-state index in [1.807, 2.05) is 22.8 Å². The summed E-state index contributed by atoms with van der Waals surface area (Å²) < 4.78 is 7.99. The van der Waals surface area contributed by atoms with Gasteiger partial charge >= 0.3 is 6.03 Å². The monoisotopic (exact) mass is 319 g/mol. The minimum absolute atomic E-state index is 0.100. The molecule has 23 heavy (non-hydrogen) atoms. The summed E-state index contributed by atoms with van der Waals surface area (Å²) in [4.78, 5) is 16.2. The molecule has 3 aliphatic heterocycles. The van der Waals surface area contributed by atoms with Gasteiger partial charge in [0.05, 0.1) is 11.7 Å². The van der Waals surface area contributed by atoms with Gasteiger partial charge in [-0.25, -0.2) is 4.79 Å². The van der Waals surface area contributed by atoms with Crippen molar-refractivity contribution in [3.8, 4) is 0 Å². The van der Waals surface area contributed by atoms with E-state index < -0.39 is 0 Å². The molecule has 0 aromatic carbocycles. The normalized spacial score (nSPS) is 29.6. The van der Waals surface area contributed by atoms with Gasteiger partial charge in [0.15, 0.2) is 0 Å². The molecule has 7 nitrogen and oxygen atoms in total. The van der Waals surface area contributed by atoms with Crippen LogP contribution in [-0.4, -0.2) is 71.0 Å². The second kappa shape index (κ2) is 6.13. The number of hydrogen-bond acceptors (Lipinski definition) is 4. The lowest BCUT2D eigenvalue weighted by Gasteiger charge is -2.46. The smallest absolute Gasteiger partial charge is 0.317 e. The van der Waals surface area contributed by atoms with Crippen LogP contribution < -0.4 is 5.32 Å². The van der Waals surface area contributed by atoms with Gasteiger partial charge in [0, 0.05) is 58.5 Å². The van der Waals surface area contributed by atoms with Gasteiger partial charge in [-0.05, 0) is 18.9 Å². The zero-order valence-corrected chi connectivity index (χ0v) is 13.6. The van der Waals surface area contributed by atoms with Gasteiger partial charge in [-0.2, -0.15) is 5.10 Å². The Labute approximate surface area is 136 Å². The van der Waals surface area contributed by atoms with E-state index in [-0.39, 0.29) is 12.1 Å². The molecule has 0 aliphatic carbocycles. The summed E-state index contributed by atoms with van der Waals surface area (Å²) in [7, 11) is 1.98. The third kappa shape index (κ3) is 2.83. The molecule has 1 aromatic heterocycles. The van der Waals surface area contributed by atoms with E-state index in [1.54, 1.807) is 0 Å². The van der Waals surface area contributed by atoms with Gasteiger partial charge in [-0.1, -0.05) is 0 Å². The molecule has 0 saturated carbocycles. The van der Waals surface area contributed by atoms with Gasteiger partial charge in [0.25, 0.3) is 0 Å². The maximum atomic E-state index is 11.7. The standard InChI is InChI=1S/C16H25N5O2/c1-19-14(4-5-18-19)15-12(3-2-8-23-15)9-20-10-13(11-20)21-7-6-17-16(21)22/h4-5,12-13,15H,2-3,6-11H2,1H3,(H,17,22)/t12-,15+/m0/s1. The summed E-state index contributed by atoms with van der Waals surface area (Å²) in [6.07, 6.45) is 4.31. The molecule has 0 radical (unpaired) electrons. The quantitative estimate of drug-likeness (QED) is 0.883. The molecule has 0 unspecified atom stereocenters. The number of carbonyl (C=O) groups is 1. The van der Waals surface area contributed by atoms with E-state index in [1.165, 1.54) is 12.1 Å². The summed E-state index contributed by atoms with van der Waals surface area (Å²) in [5, 5.41) is 7.17. The number of aryl methyl sites for hydroxylation is 1. The predicted molar refractivity (Wildman–Crippen MR) is 85.0 cm³/mol.